The Hall–Kier alpha value is -0.540. The third-order valence-corrected chi connectivity index (χ3v) is 1.24. The van der Waals surface area contributed by atoms with Crippen LogP contribution in [0.25, 0.3) is 0 Å². The van der Waals surface area contributed by atoms with Crippen molar-refractivity contribution in [3.05, 3.63) is 12.3 Å². The molecule has 52 valence electrons. The molecule has 3 heteroatoms. The summed E-state index contributed by atoms with van der Waals surface area (Å²) in [5.41, 5.74) is 0. The maximum atomic E-state index is 5.53. The van der Waals surface area contributed by atoms with Gasteiger partial charge >= 0.3 is 0 Å². The maximum absolute atomic E-state index is 5.53. The molecule has 1 atom stereocenters. The van der Waals surface area contributed by atoms with E-state index in [2.05, 4.69) is 0 Å². The molecule has 1 rings (SSSR count). The smallest absolute Gasteiger partial charge is 0.109 e. The molecule has 0 aliphatic carbocycles. The summed E-state index contributed by atoms with van der Waals surface area (Å²) in [7, 11) is 0. The summed E-state index contributed by atoms with van der Waals surface area (Å²) in [5, 5.41) is 1.73. The third-order valence-electron chi connectivity index (χ3n) is 1.24. The van der Waals surface area contributed by atoms with E-state index >= 15 is 0 Å². The number of rotatable bonds is 0. The molecule has 1 heterocycles. The molecule has 0 spiro atoms. The first-order valence-electron chi connectivity index (χ1n) is 3.09. The second kappa shape index (κ2) is 2.85. The molecule has 0 amide bonds. The highest BCUT2D eigenvalue weighted by molar-refractivity contribution is 4.81. The van der Waals surface area contributed by atoms with Gasteiger partial charge in [0.05, 0.1) is 6.26 Å². The molecule has 0 aromatic carbocycles. The number of hydrogen-bond acceptors (Lipinski definition) is 3. The lowest BCUT2D eigenvalue weighted by molar-refractivity contribution is 0.126. The van der Waals surface area contributed by atoms with Crippen molar-refractivity contribution in [2.45, 2.75) is 13.0 Å². The minimum atomic E-state index is 0.216. The van der Waals surface area contributed by atoms with Crippen LogP contribution in [0.2, 0.25) is 0 Å². The van der Waals surface area contributed by atoms with Crippen molar-refractivity contribution < 1.29 is 4.74 Å². The standard InChI is InChI=1S/C6H12N2O/c1-6-5-8(7)3-2-4-9-6/h2,4,6H,3,5,7H2,1H3/t6-/m1/s1. The van der Waals surface area contributed by atoms with Crippen molar-refractivity contribution in [1.29, 1.82) is 0 Å². The highest BCUT2D eigenvalue weighted by Crippen LogP contribution is 1.97. The Morgan fingerprint density at radius 3 is 3.33 bits per heavy atom. The van der Waals surface area contributed by atoms with Crippen LogP contribution < -0.4 is 5.84 Å². The topological polar surface area (TPSA) is 38.5 Å². The summed E-state index contributed by atoms with van der Waals surface area (Å²) < 4.78 is 5.17. The molecule has 0 aromatic heterocycles. The number of ether oxygens (including phenoxy) is 1. The number of nitrogens with two attached hydrogens (primary N) is 1. The van der Waals surface area contributed by atoms with E-state index in [1.807, 2.05) is 13.0 Å². The average Bonchev–Trinajstić information content (AvgIpc) is 1.93. The first-order chi connectivity index (χ1) is 4.29. The minimum absolute atomic E-state index is 0.216. The Balaban J connectivity index is 2.40. The Labute approximate surface area is 55.1 Å². The van der Waals surface area contributed by atoms with Crippen molar-refractivity contribution in [2.75, 3.05) is 13.1 Å². The van der Waals surface area contributed by atoms with Crippen LogP contribution in [-0.4, -0.2) is 24.2 Å². The normalized spacial score (nSPS) is 29.3. The molecular weight excluding hydrogens is 116 g/mol. The molecular formula is C6H12N2O. The van der Waals surface area contributed by atoms with Gasteiger partial charge in [-0.05, 0) is 13.0 Å². The molecule has 0 saturated carbocycles. The van der Waals surface area contributed by atoms with Gasteiger partial charge in [-0.1, -0.05) is 0 Å². The van der Waals surface area contributed by atoms with E-state index in [1.54, 1.807) is 11.3 Å². The molecule has 0 fully saturated rings. The van der Waals surface area contributed by atoms with Gasteiger partial charge in [-0.25, -0.2) is 5.01 Å². The molecule has 9 heavy (non-hydrogen) atoms. The average molecular weight is 128 g/mol. The highest BCUT2D eigenvalue weighted by Gasteiger charge is 2.06. The predicted molar refractivity (Wildman–Crippen MR) is 35.4 cm³/mol. The van der Waals surface area contributed by atoms with E-state index in [-0.39, 0.29) is 6.10 Å². The summed E-state index contributed by atoms with van der Waals surface area (Å²) in [6.07, 6.45) is 3.83. The van der Waals surface area contributed by atoms with Gasteiger partial charge in [0, 0.05) is 13.1 Å². The van der Waals surface area contributed by atoms with E-state index in [0.29, 0.717) is 0 Å². The van der Waals surface area contributed by atoms with Gasteiger partial charge in [0.1, 0.15) is 6.10 Å². The Morgan fingerprint density at radius 1 is 1.78 bits per heavy atom. The summed E-state index contributed by atoms with van der Waals surface area (Å²) in [6.45, 7) is 3.58. The predicted octanol–water partition coefficient (Wildman–Crippen LogP) is 0.0945. The Kier molecular flexibility index (Phi) is 2.08. The molecule has 0 bridgehead atoms. The zero-order chi connectivity index (χ0) is 6.69. The Morgan fingerprint density at radius 2 is 2.56 bits per heavy atom. The van der Waals surface area contributed by atoms with Gasteiger partial charge in [0.15, 0.2) is 0 Å². The molecule has 0 radical (unpaired) electrons. The SMILES string of the molecule is C[C@@H]1CN(N)CC=CO1. The van der Waals surface area contributed by atoms with Crippen LogP contribution in [0.3, 0.4) is 0 Å². The summed E-state index contributed by atoms with van der Waals surface area (Å²) in [5.74, 6) is 5.53. The van der Waals surface area contributed by atoms with E-state index in [0.717, 1.165) is 13.1 Å². The third kappa shape index (κ3) is 2.03. The molecule has 1 aliphatic rings. The zero-order valence-electron chi connectivity index (χ0n) is 5.58. The lowest BCUT2D eigenvalue weighted by atomic mass is 10.4. The summed E-state index contributed by atoms with van der Waals surface area (Å²) >= 11 is 0. The fourth-order valence-electron chi connectivity index (χ4n) is 0.816. The van der Waals surface area contributed by atoms with Gasteiger partial charge in [-0.2, -0.15) is 0 Å². The Bertz CT molecular complexity index is 102. The minimum Gasteiger partial charge on any atom is -0.497 e. The van der Waals surface area contributed by atoms with Gasteiger partial charge < -0.3 is 4.74 Å². The van der Waals surface area contributed by atoms with Gasteiger partial charge in [-0.3, -0.25) is 5.84 Å². The van der Waals surface area contributed by atoms with Crippen molar-refractivity contribution >= 4 is 0 Å². The fraction of sp³-hybridized carbons (Fsp3) is 0.667. The van der Waals surface area contributed by atoms with Crippen LogP contribution >= 0.6 is 0 Å². The fourth-order valence-corrected chi connectivity index (χ4v) is 0.816. The first-order valence-corrected chi connectivity index (χ1v) is 3.09. The van der Waals surface area contributed by atoms with Crippen LogP contribution in [0.4, 0.5) is 0 Å². The lowest BCUT2D eigenvalue weighted by Crippen LogP contribution is -2.36. The van der Waals surface area contributed by atoms with E-state index < -0.39 is 0 Å². The van der Waals surface area contributed by atoms with Crippen LogP contribution in [0.15, 0.2) is 12.3 Å². The van der Waals surface area contributed by atoms with Crippen molar-refractivity contribution in [3.8, 4) is 0 Å². The molecule has 0 aromatic rings. The van der Waals surface area contributed by atoms with Crippen LogP contribution in [0.5, 0.6) is 0 Å². The van der Waals surface area contributed by atoms with Crippen molar-refractivity contribution in [1.82, 2.24) is 5.01 Å². The second-order valence-corrected chi connectivity index (χ2v) is 2.27. The molecule has 1 aliphatic heterocycles. The second-order valence-electron chi connectivity index (χ2n) is 2.27. The van der Waals surface area contributed by atoms with Gasteiger partial charge in [0.2, 0.25) is 0 Å². The number of hydrogen-bond donors (Lipinski definition) is 1. The molecule has 0 unspecified atom stereocenters. The van der Waals surface area contributed by atoms with Gasteiger partial charge in [0.25, 0.3) is 0 Å². The van der Waals surface area contributed by atoms with Crippen LogP contribution in [0.1, 0.15) is 6.92 Å². The van der Waals surface area contributed by atoms with E-state index in [1.165, 1.54) is 0 Å². The number of hydrazine groups is 1. The van der Waals surface area contributed by atoms with Crippen LogP contribution in [-0.2, 0) is 4.74 Å². The van der Waals surface area contributed by atoms with Crippen molar-refractivity contribution in [2.24, 2.45) is 5.84 Å². The number of nitrogens with zero attached hydrogens (tertiary/aromatic N) is 1. The summed E-state index contributed by atoms with van der Waals surface area (Å²) in [6, 6.07) is 0. The first kappa shape index (κ1) is 6.58. The zero-order valence-corrected chi connectivity index (χ0v) is 5.58. The highest BCUT2D eigenvalue weighted by atomic mass is 16.5. The summed E-state index contributed by atoms with van der Waals surface area (Å²) in [4.78, 5) is 0. The van der Waals surface area contributed by atoms with E-state index in [4.69, 9.17) is 10.6 Å². The maximum Gasteiger partial charge on any atom is 0.109 e. The molecule has 2 N–H and O–H groups in total. The van der Waals surface area contributed by atoms with E-state index in [9.17, 15) is 0 Å². The monoisotopic (exact) mass is 128 g/mol. The van der Waals surface area contributed by atoms with Crippen LogP contribution in [0, 0.1) is 0 Å². The van der Waals surface area contributed by atoms with Gasteiger partial charge in [-0.15, -0.1) is 0 Å². The molecule has 0 saturated heterocycles. The quantitative estimate of drug-likeness (QED) is 0.470. The lowest BCUT2D eigenvalue weighted by Gasteiger charge is -2.14. The largest absolute Gasteiger partial charge is 0.497 e. The van der Waals surface area contributed by atoms with Crippen molar-refractivity contribution in [3.63, 3.8) is 0 Å². The molecule has 3 nitrogen and oxygen atoms in total.